The standard InChI is InChI=1S/C21H25NO3/c1-5-20(23)17-8-10-18(11-9-17)25-13-21(24)22-16(4)19-12-14(2)6-7-15(19)3/h6-12,16H,5,13H2,1-4H3,(H,22,24)/t16-/m1/s1. The minimum Gasteiger partial charge on any atom is -0.484 e. The summed E-state index contributed by atoms with van der Waals surface area (Å²) in [6, 6.07) is 13.0. The van der Waals surface area contributed by atoms with Gasteiger partial charge in [-0.1, -0.05) is 30.7 Å². The number of Topliss-reactive ketones (excluding diaryl/α,β-unsaturated/α-hetero) is 1. The number of hydrogen-bond donors (Lipinski definition) is 1. The number of carbonyl (C=O) groups is 2. The second-order valence-corrected chi connectivity index (χ2v) is 6.24. The Balaban J connectivity index is 1.90. The molecular formula is C21H25NO3. The molecule has 132 valence electrons. The van der Waals surface area contributed by atoms with Crippen LogP contribution in [0.15, 0.2) is 42.5 Å². The van der Waals surface area contributed by atoms with Crippen LogP contribution in [-0.2, 0) is 4.79 Å². The SMILES string of the molecule is CCC(=O)c1ccc(OCC(=O)N[C@H](C)c2cc(C)ccc2C)cc1. The van der Waals surface area contributed by atoms with Gasteiger partial charge in [0, 0.05) is 12.0 Å². The van der Waals surface area contributed by atoms with E-state index in [9.17, 15) is 9.59 Å². The zero-order valence-electron chi connectivity index (χ0n) is 15.3. The van der Waals surface area contributed by atoms with Crippen LogP contribution in [0.4, 0.5) is 0 Å². The molecule has 2 rings (SSSR count). The molecule has 0 bridgehead atoms. The highest BCUT2D eigenvalue weighted by molar-refractivity contribution is 5.95. The second-order valence-electron chi connectivity index (χ2n) is 6.24. The van der Waals surface area contributed by atoms with Gasteiger partial charge in [0.1, 0.15) is 5.75 Å². The molecule has 1 N–H and O–H groups in total. The lowest BCUT2D eigenvalue weighted by atomic mass is 10.00. The maximum absolute atomic E-state index is 12.1. The van der Waals surface area contributed by atoms with Crippen LogP contribution < -0.4 is 10.1 Å². The van der Waals surface area contributed by atoms with Crippen molar-refractivity contribution in [2.75, 3.05) is 6.61 Å². The Morgan fingerprint density at radius 2 is 1.76 bits per heavy atom. The lowest BCUT2D eigenvalue weighted by Crippen LogP contribution is -2.31. The molecule has 2 aromatic rings. The molecule has 4 heteroatoms. The lowest BCUT2D eigenvalue weighted by molar-refractivity contribution is -0.123. The number of rotatable bonds is 7. The number of nitrogens with one attached hydrogen (secondary N) is 1. The molecule has 0 heterocycles. The van der Waals surface area contributed by atoms with Gasteiger partial charge in [0.05, 0.1) is 6.04 Å². The van der Waals surface area contributed by atoms with E-state index in [1.54, 1.807) is 24.3 Å². The van der Waals surface area contributed by atoms with Gasteiger partial charge in [0.15, 0.2) is 12.4 Å². The molecule has 0 unspecified atom stereocenters. The number of ketones is 1. The van der Waals surface area contributed by atoms with Gasteiger partial charge in [-0.25, -0.2) is 0 Å². The molecule has 0 fully saturated rings. The number of amides is 1. The molecule has 2 aromatic carbocycles. The highest BCUT2D eigenvalue weighted by Gasteiger charge is 2.12. The lowest BCUT2D eigenvalue weighted by Gasteiger charge is -2.17. The molecule has 0 radical (unpaired) electrons. The number of hydrogen-bond acceptors (Lipinski definition) is 3. The fourth-order valence-corrected chi connectivity index (χ4v) is 2.68. The molecule has 0 aromatic heterocycles. The molecule has 0 spiro atoms. The summed E-state index contributed by atoms with van der Waals surface area (Å²) in [7, 11) is 0. The van der Waals surface area contributed by atoms with Gasteiger partial charge in [0.2, 0.25) is 0 Å². The topological polar surface area (TPSA) is 55.4 Å². The Bertz CT molecular complexity index is 750. The highest BCUT2D eigenvalue weighted by Crippen LogP contribution is 2.19. The number of benzene rings is 2. The number of carbonyl (C=O) groups excluding carboxylic acids is 2. The minimum absolute atomic E-state index is 0.0593. The first-order valence-corrected chi connectivity index (χ1v) is 8.53. The van der Waals surface area contributed by atoms with Crippen LogP contribution in [-0.4, -0.2) is 18.3 Å². The summed E-state index contributed by atoms with van der Waals surface area (Å²) in [5.74, 6) is 0.482. The van der Waals surface area contributed by atoms with Crippen molar-refractivity contribution in [3.05, 3.63) is 64.7 Å². The third-order valence-electron chi connectivity index (χ3n) is 4.15. The van der Waals surface area contributed by atoms with Crippen molar-refractivity contribution in [3.63, 3.8) is 0 Å². The molecule has 25 heavy (non-hydrogen) atoms. The van der Waals surface area contributed by atoms with Crippen molar-refractivity contribution in [2.45, 2.75) is 40.2 Å². The zero-order valence-corrected chi connectivity index (χ0v) is 15.3. The van der Waals surface area contributed by atoms with Gasteiger partial charge in [0.25, 0.3) is 5.91 Å². The summed E-state index contributed by atoms with van der Waals surface area (Å²) >= 11 is 0. The first kappa shape index (κ1) is 18.7. The third kappa shape index (κ3) is 5.18. The first-order chi connectivity index (χ1) is 11.9. The molecule has 0 aliphatic rings. The minimum atomic E-state index is -0.179. The molecule has 1 amide bonds. The second kappa shape index (κ2) is 8.47. The van der Waals surface area contributed by atoms with Crippen molar-refractivity contribution >= 4 is 11.7 Å². The van der Waals surface area contributed by atoms with E-state index in [1.807, 2.05) is 27.7 Å². The quantitative estimate of drug-likeness (QED) is 0.771. The van der Waals surface area contributed by atoms with Gasteiger partial charge in [-0.15, -0.1) is 0 Å². The Labute approximate surface area is 149 Å². The van der Waals surface area contributed by atoms with Crippen LogP contribution in [0.3, 0.4) is 0 Å². The Morgan fingerprint density at radius 1 is 1.08 bits per heavy atom. The van der Waals surface area contributed by atoms with Crippen LogP contribution in [0.1, 0.15) is 53.4 Å². The summed E-state index contributed by atoms with van der Waals surface area (Å²) in [5, 5.41) is 2.96. The van der Waals surface area contributed by atoms with Gasteiger partial charge in [-0.3, -0.25) is 9.59 Å². The van der Waals surface area contributed by atoms with Crippen molar-refractivity contribution in [3.8, 4) is 5.75 Å². The molecule has 0 saturated carbocycles. The van der Waals surface area contributed by atoms with Crippen LogP contribution >= 0.6 is 0 Å². The van der Waals surface area contributed by atoms with E-state index in [0.29, 0.717) is 17.7 Å². The molecule has 0 aliphatic carbocycles. The smallest absolute Gasteiger partial charge is 0.258 e. The Morgan fingerprint density at radius 3 is 2.40 bits per heavy atom. The summed E-state index contributed by atoms with van der Waals surface area (Å²) < 4.78 is 5.50. The predicted octanol–water partition coefficient (Wildman–Crippen LogP) is 4.15. The first-order valence-electron chi connectivity index (χ1n) is 8.53. The van der Waals surface area contributed by atoms with Crippen molar-refractivity contribution in [2.24, 2.45) is 0 Å². The summed E-state index contributed by atoms with van der Waals surface area (Å²) in [4.78, 5) is 23.7. The van der Waals surface area contributed by atoms with E-state index in [0.717, 1.165) is 11.1 Å². The summed E-state index contributed by atoms with van der Waals surface area (Å²) in [6.07, 6.45) is 0.471. The fourth-order valence-electron chi connectivity index (χ4n) is 2.68. The highest BCUT2D eigenvalue weighted by atomic mass is 16.5. The number of aryl methyl sites for hydroxylation is 2. The maximum atomic E-state index is 12.1. The van der Waals surface area contributed by atoms with Crippen LogP contribution in [0, 0.1) is 13.8 Å². The largest absolute Gasteiger partial charge is 0.484 e. The summed E-state index contributed by atoms with van der Waals surface area (Å²) in [6.45, 7) is 7.80. The number of ether oxygens (including phenoxy) is 1. The molecule has 0 aliphatic heterocycles. The van der Waals surface area contributed by atoms with E-state index in [-0.39, 0.29) is 24.3 Å². The van der Waals surface area contributed by atoms with E-state index in [2.05, 4.69) is 23.5 Å². The van der Waals surface area contributed by atoms with E-state index >= 15 is 0 Å². The van der Waals surface area contributed by atoms with Gasteiger partial charge < -0.3 is 10.1 Å². The van der Waals surface area contributed by atoms with Crippen molar-refractivity contribution in [1.29, 1.82) is 0 Å². The molecular weight excluding hydrogens is 314 g/mol. The Kier molecular flexibility index (Phi) is 6.34. The van der Waals surface area contributed by atoms with E-state index in [1.165, 1.54) is 5.56 Å². The molecule has 0 saturated heterocycles. The van der Waals surface area contributed by atoms with Crippen LogP contribution in [0.5, 0.6) is 5.75 Å². The fraction of sp³-hybridized carbons (Fsp3) is 0.333. The average Bonchev–Trinajstić information content (AvgIpc) is 2.61. The average molecular weight is 339 g/mol. The van der Waals surface area contributed by atoms with E-state index < -0.39 is 0 Å². The van der Waals surface area contributed by atoms with Gasteiger partial charge in [-0.2, -0.15) is 0 Å². The van der Waals surface area contributed by atoms with Crippen LogP contribution in [0.25, 0.3) is 0 Å². The zero-order chi connectivity index (χ0) is 18.4. The Hall–Kier alpha value is -2.62. The van der Waals surface area contributed by atoms with Gasteiger partial charge in [-0.05, 0) is 56.2 Å². The summed E-state index contributed by atoms with van der Waals surface area (Å²) in [5.41, 5.74) is 4.08. The molecule has 1 atom stereocenters. The van der Waals surface area contributed by atoms with E-state index in [4.69, 9.17) is 4.74 Å². The van der Waals surface area contributed by atoms with Crippen molar-refractivity contribution in [1.82, 2.24) is 5.32 Å². The normalized spacial score (nSPS) is 11.7. The van der Waals surface area contributed by atoms with Crippen molar-refractivity contribution < 1.29 is 14.3 Å². The predicted molar refractivity (Wildman–Crippen MR) is 99.0 cm³/mol. The van der Waals surface area contributed by atoms with Gasteiger partial charge >= 0.3 is 0 Å². The van der Waals surface area contributed by atoms with Crippen LogP contribution in [0.2, 0.25) is 0 Å². The monoisotopic (exact) mass is 339 g/mol. The third-order valence-corrected chi connectivity index (χ3v) is 4.15. The molecule has 4 nitrogen and oxygen atoms in total. The maximum Gasteiger partial charge on any atom is 0.258 e.